The van der Waals surface area contributed by atoms with Crippen molar-refractivity contribution in [1.29, 1.82) is 0 Å². The predicted octanol–water partition coefficient (Wildman–Crippen LogP) is 2.56. The van der Waals surface area contributed by atoms with Gasteiger partial charge in [0.05, 0.1) is 11.9 Å². The van der Waals surface area contributed by atoms with Crippen molar-refractivity contribution in [2.24, 2.45) is 5.10 Å². The van der Waals surface area contributed by atoms with Crippen LogP contribution < -0.4 is 10.7 Å². The lowest BCUT2D eigenvalue weighted by Gasteiger charge is -2.07. The van der Waals surface area contributed by atoms with E-state index in [0.717, 1.165) is 0 Å². The second-order valence-electron chi connectivity index (χ2n) is 4.05. The molecule has 108 valence electrons. The van der Waals surface area contributed by atoms with E-state index in [9.17, 15) is 9.50 Å². The van der Waals surface area contributed by atoms with Crippen molar-refractivity contribution in [1.82, 2.24) is 5.43 Å². The van der Waals surface area contributed by atoms with E-state index in [4.69, 9.17) is 17.3 Å². The van der Waals surface area contributed by atoms with E-state index >= 15 is 0 Å². The van der Waals surface area contributed by atoms with E-state index in [2.05, 4.69) is 15.8 Å². The average molecular weight is 305 g/mol. The number of para-hydroxylation sites is 1. The molecule has 2 rings (SSSR count). The molecule has 0 saturated heterocycles. The lowest BCUT2D eigenvalue weighted by atomic mass is 10.2. The van der Waals surface area contributed by atoms with Gasteiger partial charge in [0.1, 0.15) is 17.3 Å². The lowest BCUT2D eigenvalue weighted by molar-refractivity contribution is 0.450. The first-order valence-corrected chi connectivity index (χ1v) is 6.33. The van der Waals surface area contributed by atoms with Gasteiger partial charge >= 0.3 is 0 Å². The minimum Gasteiger partial charge on any atom is -0.508 e. The Morgan fingerprint density at radius 2 is 1.95 bits per heavy atom. The molecular formula is C14H12FN3O2S. The highest BCUT2D eigenvalue weighted by atomic mass is 32.1. The van der Waals surface area contributed by atoms with Gasteiger partial charge < -0.3 is 15.5 Å². The SMILES string of the molecule is Oc1ccc(/C=N/NC(=S)Nc2ccccc2F)c(O)c1. The van der Waals surface area contributed by atoms with Crippen molar-refractivity contribution in [2.75, 3.05) is 5.32 Å². The zero-order valence-electron chi connectivity index (χ0n) is 10.7. The Morgan fingerprint density at radius 3 is 2.67 bits per heavy atom. The smallest absolute Gasteiger partial charge is 0.191 e. The third-order valence-corrected chi connectivity index (χ3v) is 2.70. The van der Waals surface area contributed by atoms with Crippen LogP contribution >= 0.6 is 12.2 Å². The molecule has 2 aromatic rings. The van der Waals surface area contributed by atoms with Crippen LogP contribution in [0.2, 0.25) is 0 Å². The fraction of sp³-hybridized carbons (Fsp3) is 0. The van der Waals surface area contributed by atoms with Gasteiger partial charge in [-0.15, -0.1) is 0 Å². The molecule has 21 heavy (non-hydrogen) atoms. The number of nitrogens with one attached hydrogen (secondary N) is 2. The standard InChI is InChI=1S/C14H12FN3O2S/c15-11-3-1-2-4-12(11)17-14(21)18-16-8-9-5-6-10(19)7-13(9)20/h1-8,19-20H,(H2,17,18,21)/b16-8+. The van der Waals surface area contributed by atoms with E-state index in [-0.39, 0.29) is 22.3 Å². The molecule has 0 unspecified atom stereocenters. The summed E-state index contributed by atoms with van der Waals surface area (Å²) in [6.45, 7) is 0. The second kappa shape index (κ2) is 6.67. The predicted molar refractivity (Wildman–Crippen MR) is 83.1 cm³/mol. The molecule has 7 heteroatoms. The van der Waals surface area contributed by atoms with E-state index in [0.29, 0.717) is 5.56 Å². The van der Waals surface area contributed by atoms with Gasteiger partial charge in [0.15, 0.2) is 5.11 Å². The van der Waals surface area contributed by atoms with Crippen molar-refractivity contribution < 1.29 is 14.6 Å². The Balaban J connectivity index is 1.95. The molecule has 0 amide bonds. The maximum Gasteiger partial charge on any atom is 0.191 e. The summed E-state index contributed by atoms with van der Waals surface area (Å²) in [5, 5.41) is 25.3. The first-order chi connectivity index (χ1) is 10.1. The van der Waals surface area contributed by atoms with Crippen molar-refractivity contribution in [2.45, 2.75) is 0 Å². The molecule has 4 N–H and O–H groups in total. The topological polar surface area (TPSA) is 76.9 Å². The third-order valence-electron chi connectivity index (χ3n) is 2.51. The molecule has 0 fully saturated rings. The molecule has 0 heterocycles. The summed E-state index contributed by atoms with van der Waals surface area (Å²) in [4.78, 5) is 0. The van der Waals surface area contributed by atoms with Crippen LogP contribution in [-0.4, -0.2) is 21.5 Å². The summed E-state index contributed by atoms with van der Waals surface area (Å²) < 4.78 is 13.4. The Labute approximate surface area is 125 Å². The van der Waals surface area contributed by atoms with Crippen LogP contribution in [-0.2, 0) is 0 Å². The molecule has 2 aromatic carbocycles. The highest BCUT2D eigenvalue weighted by Gasteiger charge is 2.02. The molecule has 0 atom stereocenters. The molecule has 0 spiro atoms. The van der Waals surface area contributed by atoms with Crippen molar-refractivity contribution in [3.05, 3.63) is 53.8 Å². The summed E-state index contributed by atoms with van der Waals surface area (Å²) >= 11 is 4.96. The highest BCUT2D eigenvalue weighted by Crippen LogP contribution is 2.20. The van der Waals surface area contributed by atoms with Crippen LogP contribution in [0, 0.1) is 5.82 Å². The van der Waals surface area contributed by atoms with Crippen LogP contribution in [0.3, 0.4) is 0 Å². The van der Waals surface area contributed by atoms with Crippen molar-refractivity contribution >= 4 is 29.2 Å². The molecule has 0 aromatic heterocycles. The Hall–Kier alpha value is -2.67. The van der Waals surface area contributed by atoms with Gasteiger partial charge in [-0.1, -0.05) is 12.1 Å². The summed E-state index contributed by atoms with van der Waals surface area (Å²) in [6.07, 6.45) is 1.32. The van der Waals surface area contributed by atoms with E-state index in [1.54, 1.807) is 18.2 Å². The number of phenolic OH excluding ortho intramolecular Hbond substituents is 2. The molecule has 0 aliphatic carbocycles. The number of rotatable bonds is 3. The van der Waals surface area contributed by atoms with Crippen LogP contribution in [0.4, 0.5) is 10.1 Å². The number of halogens is 1. The maximum atomic E-state index is 13.4. The minimum atomic E-state index is -0.429. The largest absolute Gasteiger partial charge is 0.508 e. The van der Waals surface area contributed by atoms with Crippen LogP contribution in [0.15, 0.2) is 47.6 Å². The van der Waals surface area contributed by atoms with E-state index in [1.807, 2.05) is 0 Å². The van der Waals surface area contributed by atoms with Gasteiger partial charge in [0.2, 0.25) is 0 Å². The van der Waals surface area contributed by atoms with Crippen molar-refractivity contribution in [3.8, 4) is 11.5 Å². The van der Waals surface area contributed by atoms with Crippen LogP contribution in [0.5, 0.6) is 11.5 Å². The summed E-state index contributed by atoms with van der Waals surface area (Å²) in [5.41, 5.74) is 3.13. The normalized spacial score (nSPS) is 10.5. The lowest BCUT2D eigenvalue weighted by Crippen LogP contribution is -2.24. The first-order valence-electron chi connectivity index (χ1n) is 5.93. The molecule has 0 radical (unpaired) electrons. The molecule has 0 aliphatic rings. The summed E-state index contributed by atoms with van der Waals surface area (Å²) in [5.74, 6) is -0.593. The van der Waals surface area contributed by atoms with Crippen molar-refractivity contribution in [3.63, 3.8) is 0 Å². The Morgan fingerprint density at radius 1 is 1.19 bits per heavy atom. The van der Waals surface area contributed by atoms with Crippen LogP contribution in [0.25, 0.3) is 0 Å². The fourth-order valence-corrected chi connectivity index (χ4v) is 1.68. The van der Waals surface area contributed by atoms with Gasteiger partial charge in [-0.3, -0.25) is 5.43 Å². The zero-order valence-corrected chi connectivity index (χ0v) is 11.6. The number of benzene rings is 2. The van der Waals surface area contributed by atoms with Gasteiger partial charge in [-0.2, -0.15) is 5.10 Å². The number of hydrogen-bond donors (Lipinski definition) is 4. The third kappa shape index (κ3) is 4.15. The van der Waals surface area contributed by atoms with Crippen LogP contribution in [0.1, 0.15) is 5.56 Å². The molecule has 0 aliphatic heterocycles. The van der Waals surface area contributed by atoms with Gasteiger partial charge in [-0.25, -0.2) is 4.39 Å². The first kappa shape index (κ1) is 14.7. The second-order valence-corrected chi connectivity index (χ2v) is 4.46. The molecule has 5 nitrogen and oxygen atoms in total. The maximum absolute atomic E-state index is 13.4. The fourth-order valence-electron chi connectivity index (χ4n) is 1.51. The molecular weight excluding hydrogens is 293 g/mol. The Bertz CT molecular complexity index is 692. The number of phenols is 2. The zero-order chi connectivity index (χ0) is 15.2. The molecule has 0 saturated carbocycles. The van der Waals surface area contributed by atoms with Gasteiger partial charge in [0, 0.05) is 11.6 Å². The average Bonchev–Trinajstić information content (AvgIpc) is 2.44. The summed E-state index contributed by atoms with van der Waals surface area (Å²) in [6, 6.07) is 10.2. The number of nitrogens with zero attached hydrogens (tertiary/aromatic N) is 1. The quantitative estimate of drug-likeness (QED) is 0.398. The molecule has 0 bridgehead atoms. The minimum absolute atomic E-state index is 0.0469. The number of hydrogen-bond acceptors (Lipinski definition) is 4. The monoisotopic (exact) mass is 305 g/mol. The number of anilines is 1. The van der Waals surface area contributed by atoms with E-state index < -0.39 is 5.82 Å². The van der Waals surface area contributed by atoms with E-state index in [1.165, 1.54) is 30.5 Å². The Kier molecular flexibility index (Phi) is 4.68. The number of aromatic hydroxyl groups is 2. The number of hydrazone groups is 1. The van der Waals surface area contributed by atoms with Gasteiger partial charge in [-0.05, 0) is 36.5 Å². The number of thiocarbonyl (C=S) groups is 1. The highest BCUT2D eigenvalue weighted by molar-refractivity contribution is 7.80. The van der Waals surface area contributed by atoms with Gasteiger partial charge in [0.25, 0.3) is 0 Å². The summed E-state index contributed by atoms with van der Waals surface area (Å²) in [7, 11) is 0.